The summed E-state index contributed by atoms with van der Waals surface area (Å²) < 4.78 is 0. The molecule has 0 spiro atoms. The molecule has 0 aromatic heterocycles. The molecular formula is C10H11F3O6. The molecule has 0 aliphatic heterocycles. The molecule has 6 nitrogen and oxygen atoms in total. The summed E-state index contributed by atoms with van der Waals surface area (Å²) >= 11 is 0. The van der Waals surface area contributed by atoms with Crippen LogP contribution in [-0.4, -0.2) is 33.2 Å². The quantitative estimate of drug-likeness (QED) is 0.776. The second-order valence-electron chi connectivity index (χ2n) is 3.11. The highest BCUT2D eigenvalue weighted by Gasteiger charge is 2.19. The summed E-state index contributed by atoms with van der Waals surface area (Å²) in [5.74, 6) is -4.09. The van der Waals surface area contributed by atoms with Crippen molar-refractivity contribution in [3.05, 3.63) is 34.4 Å². The Labute approximate surface area is 104 Å². The van der Waals surface area contributed by atoms with Crippen molar-refractivity contribution < 1.29 is 43.8 Å². The summed E-state index contributed by atoms with van der Waals surface area (Å²) in [6, 6.07) is 1.87. The first-order chi connectivity index (χ1) is 7.34. The molecule has 9 heteroatoms. The van der Waals surface area contributed by atoms with Gasteiger partial charge in [0.1, 0.15) is 0 Å². The molecule has 0 unspecified atom stereocenters. The molecule has 108 valence electrons. The van der Waals surface area contributed by atoms with Crippen LogP contribution in [0.1, 0.15) is 36.6 Å². The fourth-order valence-corrected chi connectivity index (χ4v) is 1.28. The largest absolute Gasteiger partial charge is 0.478 e. The third kappa shape index (κ3) is 4.30. The van der Waals surface area contributed by atoms with Crippen molar-refractivity contribution in [2.45, 2.75) is 6.92 Å². The van der Waals surface area contributed by atoms with Crippen molar-refractivity contribution >= 4 is 17.9 Å². The maximum atomic E-state index is 10.8. The van der Waals surface area contributed by atoms with E-state index in [1.54, 1.807) is 0 Å². The summed E-state index contributed by atoms with van der Waals surface area (Å²) in [5, 5.41) is 26.3. The van der Waals surface area contributed by atoms with Crippen LogP contribution < -0.4 is 0 Å². The van der Waals surface area contributed by atoms with E-state index in [2.05, 4.69) is 0 Å². The van der Waals surface area contributed by atoms with E-state index in [1.807, 2.05) is 0 Å². The lowest BCUT2D eigenvalue weighted by atomic mass is 9.98. The van der Waals surface area contributed by atoms with Gasteiger partial charge in [-0.3, -0.25) is 14.1 Å². The van der Waals surface area contributed by atoms with Crippen LogP contribution in [0.4, 0.5) is 14.1 Å². The predicted octanol–water partition coefficient (Wildman–Crippen LogP) is 1.55. The first-order valence-corrected chi connectivity index (χ1v) is 4.19. The number of benzene rings is 1. The molecule has 0 heterocycles. The van der Waals surface area contributed by atoms with E-state index in [4.69, 9.17) is 15.3 Å². The van der Waals surface area contributed by atoms with Gasteiger partial charge in [-0.2, -0.15) is 0 Å². The van der Waals surface area contributed by atoms with Crippen LogP contribution >= 0.6 is 0 Å². The van der Waals surface area contributed by atoms with Crippen molar-refractivity contribution in [3.63, 3.8) is 0 Å². The average molecular weight is 284 g/mol. The molecule has 3 N–H and O–H groups in total. The van der Waals surface area contributed by atoms with E-state index in [0.29, 0.717) is 0 Å². The summed E-state index contributed by atoms with van der Waals surface area (Å²) in [5.41, 5.74) is -0.972. The van der Waals surface area contributed by atoms with Crippen molar-refractivity contribution in [2.24, 2.45) is 0 Å². The molecule has 0 amide bonds. The summed E-state index contributed by atoms with van der Waals surface area (Å²) in [4.78, 5) is 32.2. The molecule has 0 atom stereocenters. The molecular weight excluding hydrogens is 273 g/mol. The van der Waals surface area contributed by atoms with Gasteiger partial charge in [-0.25, -0.2) is 14.4 Å². The fourth-order valence-electron chi connectivity index (χ4n) is 1.28. The molecule has 0 fully saturated rings. The molecule has 1 aromatic rings. The first-order valence-electron chi connectivity index (χ1n) is 4.19. The minimum Gasteiger partial charge on any atom is -0.478 e. The lowest BCUT2D eigenvalue weighted by Crippen LogP contribution is -2.10. The Kier molecular flexibility index (Phi) is 8.77. The zero-order chi connectivity index (χ0) is 12.5. The standard InChI is InChI=1S/C10H8O6.3FH/c1-4-6(9(13)14)2-5(8(11)12)3-7(4)10(15)16;;;/h2-3H,1H3,(H,11,12)(H,13,14)(H,15,16);3*1H. The summed E-state index contributed by atoms with van der Waals surface area (Å²) in [6.45, 7) is 1.32. The van der Waals surface area contributed by atoms with E-state index >= 15 is 0 Å². The lowest BCUT2D eigenvalue weighted by Gasteiger charge is -2.06. The SMILES string of the molecule is Cc1c(C(=O)O)cc(C(=O)O)cc1C(=O)O.F.F.F. The lowest BCUT2D eigenvalue weighted by molar-refractivity contribution is 0.0695. The first kappa shape index (κ1) is 21.7. The van der Waals surface area contributed by atoms with Crippen LogP contribution in [-0.2, 0) is 0 Å². The second-order valence-corrected chi connectivity index (χ2v) is 3.11. The highest BCUT2D eigenvalue weighted by molar-refractivity contribution is 6.00. The Bertz CT molecular complexity index is 465. The van der Waals surface area contributed by atoms with Gasteiger partial charge in [-0.05, 0) is 24.6 Å². The van der Waals surface area contributed by atoms with Crippen LogP contribution in [0.2, 0.25) is 0 Å². The number of hydrogen-bond acceptors (Lipinski definition) is 3. The fraction of sp³-hybridized carbons (Fsp3) is 0.100. The summed E-state index contributed by atoms with van der Waals surface area (Å²) in [7, 11) is 0. The van der Waals surface area contributed by atoms with E-state index in [9.17, 15) is 14.4 Å². The third-order valence-corrected chi connectivity index (χ3v) is 2.12. The minimum absolute atomic E-state index is 0. The number of rotatable bonds is 3. The monoisotopic (exact) mass is 284 g/mol. The number of aromatic carboxylic acids is 3. The van der Waals surface area contributed by atoms with E-state index in [1.165, 1.54) is 6.92 Å². The van der Waals surface area contributed by atoms with Crippen molar-refractivity contribution in [1.29, 1.82) is 0 Å². The molecule has 0 bridgehead atoms. The van der Waals surface area contributed by atoms with E-state index in [0.717, 1.165) is 12.1 Å². The Balaban J connectivity index is -0.000000853. The number of carbonyl (C=O) groups is 3. The summed E-state index contributed by atoms with van der Waals surface area (Å²) in [6.07, 6.45) is 0. The van der Waals surface area contributed by atoms with Gasteiger partial charge in [0.15, 0.2) is 0 Å². The number of hydrogen-bond donors (Lipinski definition) is 3. The maximum absolute atomic E-state index is 10.8. The predicted molar refractivity (Wildman–Crippen MR) is 59.6 cm³/mol. The third-order valence-electron chi connectivity index (χ3n) is 2.12. The van der Waals surface area contributed by atoms with Crippen LogP contribution in [0.25, 0.3) is 0 Å². The zero-order valence-electron chi connectivity index (χ0n) is 9.45. The Hall–Kier alpha value is -2.58. The van der Waals surface area contributed by atoms with Gasteiger partial charge in [0, 0.05) is 0 Å². The van der Waals surface area contributed by atoms with Gasteiger partial charge < -0.3 is 15.3 Å². The van der Waals surface area contributed by atoms with Gasteiger partial charge in [-0.15, -0.1) is 0 Å². The molecule has 1 rings (SSSR count). The van der Waals surface area contributed by atoms with E-state index < -0.39 is 17.9 Å². The number of carboxylic acid groups (broad SMARTS) is 3. The smallest absolute Gasteiger partial charge is 0.336 e. The van der Waals surface area contributed by atoms with Crippen LogP contribution in [0, 0.1) is 6.92 Å². The van der Waals surface area contributed by atoms with Crippen LogP contribution in [0.15, 0.2) is 12.1 Å². The average Bonchev–Trinajstić information content (AvgIpc) is 2.16. The van der Waals surface area contributed by atoms with Crippen molar-refractivity contribution in [2.75, 3.05) is 0 Å². The Morgan fingerprint density at radius 1 is 0.789 bits per heavy atom. The van der Waals surface area contributed by atoms with Crippen LogP contribution in [0.3, 0.4) is 0 Å². The highest BCUT2D eigenvalue weighted by Crippen LogP contribution is 2.17. The normalized spacial score (nSPS) is 8.26. The van der Waals surface area contributed by atoms with Gasteiger partial charge in [0.2, 0.25) is 0 Å². The molecule has 0 saturated heterocycles. The van der Waals surface area contributed by atoms with Crippen molar-refractivity contribution in [3.8, 4) is 0 Å². The van der Waals surface area contributed by atoms with E-state index in [-0.39, 0.29) is 36.4 Å². The number of carboxylic acids is 3. The van der Waals surface area contributed by atoms with Crippen LogP contribution in [0.5, 0.6) is 0 Å². The zero-order valence-corrected chi connectivity index (χ0v) is 9.45. The Morgan fingerprint density at radius 3 is 1.32 bits per heavy atom. The highest BCUT2D eigenvalue weighted by atomic mass is 19.0. The topological polar surface area (TPSA) is 112 Å². The minimum atomic E-state index is -1.37. The molecule has 0 radical (unpaired) electrons. The molecule has 0 saturated carbocycles. The molecule has 19 heavy (non-hydrogen) atoms. The number of halogens is 3. The second kappa shape index (κ2) is 7.69. The van der Waals surface area contributed by atoms with Gasteiger partial charge >= 0.3 is 17.9 Å². The Morgan fingerprint density at radius 2 is 1.11 bits per heavy atom. The molecule has 0 aliphatic carbocycles. The van der Waals surface area contributed by atoms with Gasteiger partial charge in [0.05, 0.1) is 16.7 Å². The van der Waals surface area contributed by atoms with Gasteiger partial charge in [-0.1, -0.05) is 0 Å². The van der Waals surface area contributed by atoms with Gasteiger partial charge in [0.25, 0.3) is 0 Å². The maximum Gasteiger partial charge on any atom is 0.336 e. The molecule has 0 aliphatic rings. The molecule has 1 aromatic carbocycles. The van der Waals surface area contributed by atoms with Crippen molar-refractivity contribution in [1.82, 2.24) is 0 Å².